The fourth-order valence-corrected chi connectivity index (χ4v) is 4.28. The van der Waals surface area contributed by atoms with Crippen LogP contribution in [0.3, 0.4) is 0 Å². The van der Waals surface area contributed by atoms with Crippen molar-refractivity contribution in [2.24, 2.45) is 5.41 Å². The number of piperidine rings is 1. The van der Waals surface area contributed by atoms with Gasteiger partial charge in [0.25, 0.3) is 5.91 Å². The number of amides is 1. The number of nitrogens with zero attached hydrogens (tertiary/aromatic N) is 3. The summed E-state index contributed by atoms with van der Waals surface area (Å²) in [7, 11) is 3.51. The minimum absolute atomic E-state index is 0.0347. The van der Waals surface area contributed by atoms with Gasteiger partial charge in [0.15, 0.2) is 6.39 Å². The fraction of sp³-hybridized carbons (Fsp3) is 0.778. The molecule has 0 aromatic carbocycles. The first kappa shape index (κ1) is 18.4. The monoisotopic (exact) mass is 351 g/mol. The highest BCUT2D eigenvalue weighted by atomic mass is 16.5. The molecule has 0 N–H and O–H groups in total. The highest BCUT2D eigenvalue weighted by Crippen LogP contribution is 2.43. The number of carbonyl (C=O) groups excluding carboxylic acids is 1. The van der Waals surface area contributed by atoms with Gasteiger partial charge in [-0.15, -0.1) is 0 Å². The topological polar surface area (TPSA) is 68.0 Å². The minimum Gasteiger partial charge on any atom is -0.438 e. The second kappa shape index (κ2) is 7.85. The second-order valence-corrected chi connectivity index (χ2v) is 7.34. The maximum Gasteiger partial charge on any atom is 0.291 e. The lowest BCUT2D eigenvalue weighted by atomic mass is 9.76. The second-order valence-electron chi connectivity index (χ2n) is 7.34. The molecular weight excluding hydrogens is 322 g/mol. The summed E-state index contributed by atoms with van der Waals surface area (Å²) in [5.41, 5.74) is 0.946. The van der Waals surface area contributed by atoms with E-state index in [2.05, 4.69) is 9.88 Å². The lowest BCUT2D eigenvalue weighted by Crippen LogP contribution is -2.44. The fourth-order valence-electron chi connectivity index (χ4n) is 4.28. The first-order valence-corrected chi connectivity index (χ1v) is 9.00. The van der Waals surface area contributed by atoms with Gasteiger partial charge in [0, 0.05) is 46.4 Å². The largest absolute Gasteiger partial charge is 0.438 e. The van der Waals surface area contributed by atoms with E-state index in [0.29, 0.717) is 17.5 Å². The average molecular weight is 351 g/mol. The van der Waals surface area contributed by atoms with Crippen molar-refractivity contribution in [2.75, 3.05) is 53.6 Å². The van der Waals surface area contributed by atoms with Crippen LogP contribution in [-0.4, -0.2) is 80.3 Å². The van der Waals surface area contributed by atoms with Crippen LogP contribution < -0.4 is 0 Å². The molecule has 2 aliphatic heterocycles. The number of ether oxygens (including phenoxy) is 2. The molecule has 3 rings (SSSR count). The van der Waals surface area contributed by atoms with Crippen LogP contribution in [-0.2, 0) is 9.47 Å². The lowest BCUT2D eigenvalue weighted by Gasteiger charge is -2.39. The summed E-state index contributed by atoms with van der Waals surface area (Å²) < 4.78 is 15.9. The van der Waals surface area contributed by atoms with E-state index in [9.17, 15) is 4.79 Å². The number of oxazole rings is 1. The van der Waals surface area contributed by atoms with Crippen LogP contribution in [0.5, 0.6) is 0 Å². The number of rotatable bonds is 6. The van der Waals surface area contributed by atoms with E-state index in [1.807, 2.05) is 11.8 Å². The van der Waals surface area contributed by atoms with Crippen LogP contribution in [0.1, 0.15) is 35.5 Å². The molecule has 0 radical (unpaired) electrons. The molecule has 2 saturated heterocycles. The van der Waals surface area contributed by atoms with Crippen molar-refractivity contribution in [1.82, 2.24) is 14.8 Å². The molecule has 2 aliphatic rings. The van der Waals surface area contributed by atoms with E-state index in [1.54, 1.807) is 14.2 Å². The predicted molar refractivity (Wildman–Crippen MR) is 92.5 cm³/mol. The molecule has 1 atom stereocenters. The number of aryl methyl sites for hydroxylation is 1. The normalized spacial score (nSPS) is 23.5. The number of aromatic nitrogens is 1. The van der Waals surface area contributed by atoms with Crippen molar-refractivity contribution in [2.45, 2.75) is 32.2 Å². The van der Waals surface area contributed by atoms with Crippen LogP contribution >= 0.6 is 0 Å². The van der Waals surface area contributed by atoms with Gasteiger partial charge in [0.1, 0.15) is 0 Å². The summed E-state index contributed by atoms with van der Waals surface area (Å²) in [6.45, 7) is 6.85. The first-order valence-electron chi connectivity index (χ1n) is 9.00. The minimum atomic E-state index is -0.0347. The number of likely N-dealkylation sites (tertiary alicyclic amines) is 2. The van der Waals surface area contributed by atoms with E-state index in [-0.39, 0.29) is 11.3 Å². The molecule has 0 aliphatic carbocycles. The Morgan fingerprint density at radius 2 is 2.12 bits per heavy atom. The Labute approximate surface area is 149 Å². The molecule has 0 saturated carbocycles. The Morgan fingerprint density at radius 3 is 2.72 bits per heavy atom. The molecule has 7 heteroatoms. The standard InChI is InChI=1S/C18H29N3O4/c1-14-16(25-13-19-14)17(22)20-6-4-18(5-7-20)10-15(11-24-3)21(12-18)8-9-23-2/h13,15H,4-12H2,1-3H3/t15-/m0/s1. The van der Waals surface area contributed by atoms with Crippen LogP contribution in [0.25, 0.3) is 0 Å². The van der Waals surface area contributed by atoms with Gasteiger partial charge in [-0.2, -0.15) is 0 Å². The molecule has 140 valence electrons. The molecule has 2 fully saturated rings. The van der Waals surface area contributed by atoms with E-state index in [4.69, 9.17) is 13.9 Å². The summed E-state index contributed by atoms with van der Waals surface area (Å²) in [4.78, 5) is 21.0. The Kier molecular flexibility index (Phi) is 5.76. The van der Waals surface area contributed by atoms with E-state index < -0.39 is 0 Å². The molecule has 1 spiro atoms. The summed E-state index contributed by atoms with van der Waals surface area (Å²) >= 11 is 0. The maximum atomic E-state index is 12.6. The van der Waals surface area contributed by atoms with Gasteiger partial charge in [-0.1, -0.05) is 0 Å². The van der Waals surface area contributed by atoms with Crippen molar-refractivity contribution in [1.29, 1.82) is 0 Å². The number of carbonyl (C=O) groups is 1. The molecule has 3 heterocycles. The number of hydrogen-bond donors (Lipinski definition) is 0. The molecule has 1 aromatic rings. The molecule has 25 heavy (non-hydrogen) atoms. The molecule has 0 unspecified atom stereocenters. The van der Waals surface area contributed by atoms with Crippen LogP contribution in [0.4, 0.5) is 0 Å². The SMILES string of the molecule is COCCN1CC2(CCN(C(=O)c3ocnc3C)CC2)C[C@H]1COC. The van der Waals surface area contributed by atoms with Crippen LogP contribution in [0.15, 0.2) is 10.8 Å². The summed E-state index contributed by atoms with van der Waals surface area (Å²) in [5, 5.41) is 0. The van der Waals surface area contributed by atoms with Gasteiger partial charge in [-0.25, -0.2) is 4.98 Å². The highest BCUT2D eigenvalue weighted by molar-refractivity contribution is 5.92. The number of methoxy groups -OCH3 is 2. The summed E-state index contributed by atoms with van der Waals surface area (Å²) in [5.74, 6) is 0.342. The quantitative estimate of drug-likeness (QED) is 0.775. The van der Waals surface area contributed by atoms with E-state index in [1.165, 1.54) is 6.39 Å². The van der Waals surface area contributed by atoms with Crippen LogP contribution in [0.2, 0.25) is 0 Å². The third kappa shape index (κ3) is 3.88. The van der Waals surface area contributed by atoms with Crippen molar-refractivity contribution >= 4 is 5.91 Å². The number of hydrogen-bond acceptors (Lipinski definition) is 6. The third-order valence-corrected chi connectivity index (χ3v) is 5.72. The first-order chi connectivity index (χ1) is 12.1. The Bertz CT molecular complexity index is 581. The van der Waals surface area contributed by atoms with E-state index in [0.717, 1.165) is 58.7 Å². The highest BCUT2D eigenvalue weighted by Gasteiger charge is 2.46. The Balaban J connectivity index is 1.60. The zero-order valence-corrected chi connectivity index (χ0v) is 15.5. The third-order valence-electron chi connectivity index (χ3n) is 5.72. The van der Waals surface area contributed by atoms with Gasteiger partial charge in [0.2, 0.25) is 5.76 Å². The zero-order valence-electron chi connectivity index (χ0n) is 15.5. The Morgan fingerprint density at radius 1 is 1.36 bits per heavy atom. The van der Waals surface area contributed by atoms with Crippen molar-refractivity contribution < 1.29 is 18.7 Å². The smallest absolute Gasteiger partial charge is 0.291 e. The van der Waals surface area contributed by atoms with Gasteiger partial charge in [0.05, 0.1) is 18.9 Å². The molecular formula is C18H29N3O4. The molecule has 1 amide bonds. The predicted octanol–water partition coefficient (Wildman–Crippen LogP) is 1.57. The molecule has 7 nitrogen and oxygen atoms in total. The molecule has 0 bridgehead atoms. The summed E-state index contributed by atoms with van der Waals surface area (Å²) in [6, 6.07) is 0.443. The van der Waals surface area contributed by atoms with Gasteiger partial charge < -0.3 is 18.8 Å². The Hall–Kier alpha value is -1.44. The van der Waals surface area contributed by atoms with Gasteiger partial charge >= 0.3 is 0 Å². The van der Waals surface area contributed by atoms with Gasteiger partial charge in [-0.05, 0) is 31.6 Å². The zero-order chi connectivity index (χ0) is 17.9. The van der Waals surface area contributed by atoms with Crippen molar-refractivity contribution in [3.05, 3.63) is 17.8 Å². The lowest BCUT2D eigenvalue weighted by molar-refractivity contribution is 0.0552. The van der Waals surface area contributed by atoms with Gasteiger partial charge in [-0.3, -0.25) is 9.69 Å². The maximum absolute atomic E-state index is 12.6. The average Bonchev–Trinajstić information content (AvgIpc) is 3.18. The summed E-state index contributed by atoms with van der Waals surface area (Å²) in [6.07, 6.45) is 4.52. The van der Waals surface area contributed by atoms with Crippen molar-refractivity contribution in [3.63, 3.8) is 0 Å². The van der Waals surface area contributed by atoms with Crippen LogP contribution in [0, 0.1) is 12.3 Å². The molecule has 1 aromatic heterocycles. The van der Waals surface area contributed by atoms with E-state index >= 15 is 0 Å². The van der Waals surface area contributed by atoms with Crippen molar-refractivity contribution in [3.8, 4) is 0 Å².